The van der Waals surface area contributed by atoms with E-state index in [1.54, 1.807) is 0 Å². The lowest BCUT2D eigenvalue weighted by Gasteiger charge is -2.20. The van der Waals surface area contributed by atoms with Crippen LogP contribution in [0, 0.1) is 5.82 Å². The SMILES string of the molecule is CN(c1ccc(F)cc1)S(=O)(=O)c1ccc(Cl)c(C(=O)Oc2cccc(C(N)=O)c2)c1. The maximum atomic E-state index is 13.1. The lowest BCUT2D eigenvalue weighted by Crippen LogP contribution is -2.27. The number of amides is 1. The van der Waals surface area contributed by atoms with Crippen molar-refractivity contribution in [3.63, 3.8) is 0 Å². The Labute approximate surface area is 182 Å². The van der Waals surface area contributed by atoms with E-state index in [0.29, 0.717) is 0 Å². The number of nitrogens with two attached hydrogens (primary N) is 1. The molecular weight excluding hydrogens is 447 g/mol. The van der Waals surface area contributed by atoms with Gasteiger partial charge in [-0.25, -0.2) is 17.6 Å². The van der Waals surface area contributed by atoms with Gasteiger partial charge in [-0.2, -0.15) is 0 Å². The molecule has 0 aliphatic heterocycles. The normalized spacial score (nSPS) is 11.1. The average Bonchev–Trinajstić information content (AvgIpc) is 2.74. The molecule has 3 aromatic rings. The van der Waals surface area contributed by atoms with Gasteiger partial charge in [-0.1, -0.05) is 17.7 Å². The standard InChI is InChI=1S/C21H16ClFN2O5S/c1-25(15-7-5-14(23)6-8-15)31(28,29)17-9-10-19(22)18(12-17)21(27)30-16-4-2-3-13(11-16)20(24)26/h2-12H,1H3,(H2,24,26). The van der Waals surface area contributed by atoms with Gasteiger partial charge in [-0.05, 0) is 60.7 Å². The highest BCUT2D eigenvalue weighted by atomic mass is 35.5. The van der Waals surface area contributed by atoms with Crippen LogP contribution < -0.4 is 14.8 Å². The minimum Gasteiger partial charge on any atom is -0.423 e. The lowest BCUT2D eigenvalue weighted by molar-refractivity contribution is 0.0733. The van der Waals surface area contributed by atoms with Crippen LogP contribution in [-0.4, -0.2) is 27.3 Å². The molecule has 0 bridgehead atoms. The summed E-state index contributed by atoms with van der Waals surface area (Å²) in [6, 6.07) is 14.1. The zero-order chi connectivity index (χ0) is 22.8. The quantitative estimate of drug-likeness (QED) is 0.444. The van der Waals surface area contributed by atoms with E-state index in [1.165, 1.54) is 55.6 Å². The molecule has 0 aliphatic carbocycles. The molecule has 31 heavy (non-hydrogen) atoms. The van der Waals surface area contributed by atoms with E-state index in [9.17, 15) is 22.4 Å². The Morgan fingerprint density at radius 3 is 2.35 bits per heavy atom. The molecule has 0 saturated heterocycles. The number of hydrogen-bond donors (Lipinski definition) is 1. The summed E-state index contributed by atoms with van der Waals surface area (Å²) >= 11 is 6.08. The predicted molar refractivity (Wildman–Crippen MR) is 113 cm³/mol. The number of sulfonamides is 1. The van der Waals surface area contributed by atoms with Gasteiger partial charge in [-0.15, -0.1) is 0 Å². The summed E-state index contributed by atoms with van der Waals surface area (Å²) in [6.45, 7) is 0. The average molecular weight is 463 g/mol. The third kappa shape index (κ3) is 4.84. The summed E-state index contributed by atoms with van der Waals surface area (Å²) < 4.78 is 45.2. The van der Waals surface area contributed by atoms with Crippen molar-refractivity contribution in [2.45, 2.75) is 4.90 Å². The van der Waals surface area contributed by atoms with Crippen LogP contribution in [0.15, 0.2) is 71.6 Å². The van der Waals surface area contributed by atoms with Crippen molar-refractivity contribution in [1.29, 1.82) is 0 Å². The number of esters is 1. The fourth-order valence-corrected chi connectivity index (χ4v) is 4.06. The van der Waals surface area contributed by atoms with Crippen LogP contribution in [0.5, 0.6) is 5.75 Å². The largest absolute Gasteiger partial charge is 0.423 e. The smallest absolute Gasteiger partial charge is 0.345 e. The van der Waals surface area contributed by atoms with Crippen LogP contribution in [0.4, 0.5) is 10.1 Å². The molecule has 0 aliphatic rings. The van der Waals surface area contributed by atoms with E-state index < -0.39 is 27.7 Å². The third-order valence-electron chi connectivity index (χ3n) is 4.34. The first-order valence-electron chi connectivity index (χ1n) is 8.75. The Balaban J connectivity index is 1.92. The molecule has 0 radical (unpaired) electrons. The van der Waals surface area contributed by atoms with E-state index in [2.05, 4.69) is 0 Å². The topological polar surface area (TPSA) is 107 Å². The molecular formula is C21H16ClFN2O5S. The van der Waals surface area contributed by atoms with Gasteiger partial charge in [0.15, 0.2) is 0 Å². The molecule has 0 atom stereocenters. The van der Waals surface area contributed by atoms with Crippen molar-refractivity contribution in [3.05, 3.63) is 88.7 Å². The van der Waals surface area contributed by atoms with Gasteiger partial charge in [0, 0.05) is 12.6 Å². The Morgan fingerprint density at radius 2 is 1.71 bits per heavy atom. The maximum absolute atomic E-state index is 13.1. The highest BCUT2D eigenvalue weighted by Gasteiger charge is 2.24. The number of anilines is 1. The van der Waals surface area contributed by atoms with Crippen LogP contribution in [-0.2, 0) is 10.0 Å². The lowest BCUT2D eigenvalue weighted by atomic mass is 10.2. The fourth-order valence-electron chi connectivity index (χ4n) is 2.64. The summed E-state index contributed by atoms with van der Waals surface area (Å²) in [6.07, 6.45) is 0. The monoisotopic (exact) mass is 462 g/mol. The van der Waals surface area contributed by atoms with E-state index in [4.69, 9.17) is 22.1 Å². The van der Waals surface area contributed by atoms with Gasteiger partial charge in [-0.3, -0.25) is 9.10 Å². The van der Waals surface area contributed by atoms with Crippen molar-refractivity contribution >= 4 is 39.2 Å². The zero-order valence-corrected chi connectivity index (χ0v) is 17.7. The summed E-state index contributed by atoms with van der Waals surface area (Å²) in [7, 11) is -2.79. The highest BCUT2D eigenvalue weighted by Crippen LogP contribution is 2.27. The molecule has 1 amide bonds. The molecule has 0 unspecified atom stereocenters. The number of halogens is 2. The van der Waals surface area contributed by atoms with Crippen molar-refractivity contribution in [1.82, 2.24) is 0 Å². The Morgan fingerprint density at radius 1 is 1.03 bits per heavy atom. The maximum Gasteiger partial charge on any atom is 0.345 e. The van der Waals surface area contributed by atoms with Crippen molar-refractivity contribution in [2.75, 3.05) is 11.4 Å². The molecule has 0 fully saturated rings. The van der Waals surface area contributed by atoms with Gasteiger partial charge in [0.2, 0.25) is 5.91 Å². The minimum absolute atomic E-state index is 0.0283. The summed E-state index contributed by atoms with van der Waals surface area (Å²) in [5, 5.41) is -0.0283. The van der Waals surface area contributed by atoms with E-state index >= 15 is 0 Å². The van der Waals surface area contributed by atoms with E-state index in [-0.39, 0.29) is 32.5 Å². The number of carbonyl (C=O) groups excluding carboxylic acids is 2. The number of benzene rings is 3. The van der Waals surface area contributed by atoms with Gasteiger partial charge >= 0.3 is 5.97 Å². The molecule has 0 saturated carbocycles. The number of ether oxygens (including phenoxy) is 1. The summed E-state index contributed by atoms with van der Waals surface area (Å²) in [5.41, 5.74) is 5.37. The Kier molecular flexibility index (Phi) is 6.28. The predicted octanol–water partition coefficient (Wildman–Crippen LogP) is 3.62. The number of nitrogens with zero attached hydrogens (tertiary/aromatic N) is 1. The second-order valence-corrected chi connectivity index (χ2v) is 8.75. The number of rotatable bonds is 6. The molecule has 0 spiro atoms. The first-order chi connectivity index (χ1) is 14.6. The van der Waals surface area contributed by atoms with Crippen molar-refractivity contribution in [2.24, 2.45) is 5.73 Å². The van der Waals surface area contributed by atoms with Crippen LogP contribution in [0.3, 0.4) is 0 Å². The number of primary amides is 1. The first kappa shape index (κ1) is 22.3. The van der Waals surface area contributed by atoms with Crippen molar-refractivity contribution < 1.29 is 27.1 Å². The van der Waals surface area contributed by atoms with Crippen LogP contribution in [0.1, 0.15) is 20.7 Å². The van der Waals surface area contributed by atoms with Crippen LogP contribution in [0.2, 0.25) is 5.02 Å². The van der Waals surface area contributed by atoms with Crippen LogP contribution >= 0.6 is 11.6 Å². The molecule has 0 heterocycles. The Bertz CT molecular complexity index is 1260. The molecule has 2 N–H and O–H groups in total. The minimum atomic E-state index is -4.09. The van der Waals surface area contributed by atoms with Gasteiger partial charge in [0.1, 0.15) is 11.6 Å². The highest BCUT2D eigenvalue weighted by molar-refractivity contribution is 7.92. The summed E-state index contributed by atoms with van der Waals surface area (Å²) in [4.78, 5) is 23.7. The molecule has 10 heteroatoms. The molecule has 3 aromatic carbocycles. The molecule has 7 nitrogen and oxygen atoms in total. The molecule has 0 aromatic heterocycles. The van der Waals surface area contributed by atoms with Crippen molar-refractivity contribution in [3.8, 4) is 5.75 Å². The number of carbonyl (C=O) groups is 2. The molecule has 3 rings (SSSR count). The molecule has 160 valence electrons. The van der Waals surface area contributed by atoms with E-state index in [1.807, 2.05) is 0 Å². The van der Waals surface area contributed by atoms with Crippen LogP contribution in [0.25, 0.3) is 0 Å². The van der Waals surface area contributed by atoms with Gasteiger partial charge in [0.05, 0.1) is 21.2 Å². The third-order valence-corrected chi connectivity index (χ3v) is 6.45. The van der Waals surface area contributed by atoms with E-state index in [0.717, 1.165) is 22.5 Å². The summed E-state index contributed by atoms with van der Waals surface area (Å²) in [5.74, 6) is -2.10. The van der Waals surface area contributed by atoms with Gasteiger partial charge in [0.25, 0.3) is 10.0 Å². The van der Waals surface area contributed by atoms with Gasteiger partial charge < -0.3 is 10.5 Å². The number of hydrogen-bond acceptors (Lipinski definition) is 5. The fraction of sp³-hybridized carbons (Fsp3) is 0.0476. The second-order valence-electron chi connectivity index (χ2n) is 6.37. The first-order valence-corrected chi connectivity index (χ1v) is 10.6. The second kappa shape index (κ2) is 8.75. The Hall–Kier alpha value is -3.43. The zero-order valence-electron chi connectivity index (χ0n) is 16.1.